The van der Waals surface area contributed by atoms with Gasteiger partial charge in [-0.2, -0.15) is 0 Å². The zero-order valence-corrected chi connectivity index (χ0v) is 6.72. The second kappa shape index (κ2) is 5.00. The molecule has 0 radical (unpaired) electrons. The highest BCUT2D eigenvalue weighted by Gasteiger charge is 1.80. The Hall–Kier alpha value is -0.820. The van der Waals surface area contributed by atoms with Gasteiger partial charge in [0.15, 0.2) is 0 Å². The molecule has 56 valence electrons. The van der Waals surface area contributed by atoms with Gasteiger partial charge in [-0.25, -0.2) is 0 Å². The van der Waals surface area contributed by atoms with Gasteiger partial charge in [-0.05, 0) is 19.4 Å². The van der Waals surface area contributed by atoms with Gasteiger partial charge in [-0.3, -0.25) is 0 Å². The third kappa shape index (κ3) is 4.10. The van der Waals surface area contributed by atoms with Crippen LogP contribution in [0.2, 0.25) is 0 Å². The van der Waals surface area contributed by atoms with E-state index in [0.717, 1.165) is 5.57 Å². The molecule has 0 aromatic rings. The van der Waals surface area contributed by atoms with Crippen LogP contribution < -0.4 is 5.73 Å². The summed E-state index contributed by atoms with van der Waals surface area (Å²) in [4.78, 5) is 0. The molecule has 1 heteroatoms. The Morgan fingerprint density at radius 2 is 2.10 bits per heavy atom. The summed E-state index contributed by atoms with van der Waals surface area (Å²) in [6.45, 7) is 8.32. The fraction of sp³-hybridized carbons (Fsp3) is 0.333. The highest BCUT2D eigenvalue weighted by Crippen LogP contribution is 1.97. The standard InChI is InChI=1S/C9H15N/c1-4-8(2)5-6-9(3)7-10/h4-6H,3,7,10H2,1-2H3. The predicted molar refractivity (Wildman–Crippen MR) is 46.8 cm³/mol. The summed E-state index contributed by atoms with van der Waals surface area (Å²) in [5.74, 6) is 0. The molecular weight excluding hydrogens is 122 g/mol. The van der Waals surface area contributed by atoms with Crippen molar-refractivity contribution in [2.24, 2.45) is 5.73 Å². The summed E-state index contributed by atoms with van der Waals surface area (Å²) >= 11 is 0. The first kappa shape index (κ1) is 9.18. The van der Waals surface area contributed by atoms with Crippen LogP contribution in [-0.4, -0.2) is 6.54 Å². The maximum Gasteiger partial charge on any atom is 0.0172 e. The second-order valence-electron chi connectivity index (χ2n) is 2.23. The molecule has 0 aromatic carbocycles. The van der Waals surface area contributed by atoms with Crippen molar-refractivity contribution >= 4 is 0 Å². The lowest BCUT2D eigenvalue weighted by atomic mass is 10.2. The summed E-state index contributed by atoms with van der Waals surface area (Å²) in [6.07, 6.45) is 5.99. The molecule has 0 bridgehead atoms. The number of rotatable bonds is 3. The molecular formula is C9H15N. The smallest absolute Gasteiger partial charge is 0.0172 e. The van der Waals surface area contributed by atoms with Crippen LogP contribution in [0.3, 0.4) is 0 Å². The maximum absolute atomic E-state index is 5.33. The van der Waals surface area contributed by atoms with Crippen molar-refractivity contribution < 1.29 is 0 Å². The topological polar surface area (TPSA) is 26.0 Å². The average Bonchev–Trinajstić information content (AvgIpc) is 1.99. The van der Waals surface area contributed by atoms with Gasteiger partial charge in [-0.15, -0.1) is 0 Å². The molecule has 0 aliphatic heterocycles. The van der Waals surface area contributed by atoms with E-state index in [2.05, 4.69) is 6.58 Å². The predicted octanol–water partition coefficient (Wildman–Crippen LogP) is 2.02. The number of nitrogens with two attached hydrogens (primary N) is 1. The summed E-state index contributed by atoms with van der Waals surface area (Å²) in [6, 6.07) is 0. The highest BCUT2D eigenvalue weighted by molar-refractivity contribution is 5.24. The maximum atomic E-state index is 5.33. The van der Waals surface area contributed by atoms with E-state index < -0.39 is 0 Å². The molecule has 0 aliphatic rings. The molecule has 0 atom stereocenters. The summed E-state index contributed by atoms with van der Waals surface area (Å²) in [5, 5.41) is 0. The minimum Gasteiger partial charge on any atom is -0.327 e. The van der Waals surface area contributed by atoms with Crippen LogP contribution in [0.1, 0.15) is 13.8 Å². The van der Waals surface area contributed by atoms with Gasteiger partial charge in [0.25, 0.3) is 0 Å². The van der Waals surface area contributed by atoms with E-state index in [4.69, 9.17) is 5.73 Å². The molecule has 0 spiro atoms. The van der Waals surface area contributed by atoms with Crippen molar-refractivity contribution in [3.8, 4) is 0 Å². The van der Waals surface area contributed by atoms with Crippen LogP contribution in [-0.2, 0) is 0 Å². The minimum atomic E-state index is 0.535. The Balaban J connectivity index is 3.88. The Kier molecular flexibility index (Phi) is 4.59. The Morgan fingerprint density at radius 3 is 2.50 bits per heavy atom. The van der Waals surface area contributed by atoms with E-state index in [1.165, 1.54) is 5.57 Å². The molecule has 0 aliphatic carbocycles. The summed E-state index contributed by atoms with van der Waals surface area (Å²) in [5.41, 5.74) is 7.52. The minimum absolute atomic E-state index is 0.535. The molecule has 10 heavy (non-hydrogen) atoms. The zero-order valence-electron chi connectivity index (χ0n) is 6.72. The van der Waals surface area contributed by atoms with Crippen molar-refractivity contribution in [1.29, 1.82) is 0 Å². The zero-order chi connectivity index (χ0) is 7.98. The molecule has 0 aromatic heterocycles. The first-order chi connectivity index (χ1) is 4.70. The molecule has 1 nitrogen and oxygen atoms in total. The van der Waals surface area contributed by atoms with E-state index in [1.807, 2.05) is 32.1 Å². The quantitative estimate of drug-likeness (QED) is 0.592. The van der Waals surface area contributed by atoms with Crippen LogP contribution in [0.25, 0.3) is 0 Å². The van der Waals surface area contributed by atoms with E-state index in [1.54, 1.807) is 0 Å². The highest BCUT2D eigenvalue weighted by atomic mass is 14.5. The van der Waals surface area contributed by atoms with Crippen LogP contribution in [0, 0.1) is 0 Å². The van der Waals surface area contributed by atoms with Crippen LogP contribution in [0.15, 0.2) is 36.0 Å². The van der Waals surface area contributed by atoms with E-state index >= 15 is 0 Å². The molecule has 0 saturated heterocycles. The number of hydrogen-bond donors (Lipinski definition) is 1. The number of hydrogen-bond acceptors (Lipinski definition) is 1. The van der Waals surface area contributed by atoms with Crippen LogP contribution in [0.4, 0.5) is 0 Å². The third-order valence-corrected chi connectivity index (χ3v) is 1.30. The fourth-order valence-corrected chi connectivity index (χ4v) is 0.414. The van der Waals surface area contributed by atoms with Crippen molar-refractivity contribution in [1.82, 2.24) is 0 Å². The Bertz CT molecular complexity index is 164. The van der Waals surface area contributed by atoms with Crippen molar-refractivity contribution in [3.63, 3.8) is 0 Å². The molecule has 0 amide bonds. The van der Waals surface area contributed by atoms with Crippen molar-refractivity contribution in [2.75, 3.05) is 6.54 Å². The fourth-order valence-electron chi connectivity index (χ4n) is 0.414. The van der Waals surface area contributed by atoms with Gasteiger partial charge in [-0.1, -0.05) is 30.4 Å². The lowest BCUT2D eigenvalue weighted by Gasteiger charge is -1.91. The molecule has 0 rings (SSSR count). The van der Waals surface area contributed by atoms with Crippen molar-refractivity contribution in [3.05, 3.63) is 36.0 Å². The van der Waals surface area contributed by atoms with Gasteiger partial charge in [0.2, 0.25) is 0 Å². The third-order valence-electron chi connectivity index (χ3n) is 1.30. The molecule has 2 N–H and O–H groups in total. The van der Waals surface area contributed by atoms with Gasteiger partial charge in [0.05, 0.1) is 0 Å². The Morgan fingerprint density at radius 1 is 1.50 bits per heavy atom. The van der Waals surface area contributed by atoms with E-state index in [9.17, 15) is 0 Å². The van der Waals surface area contributed by atoms with Gasteiger partial charge < -0.3 is 5.73 Å². The van der Waals surface area contributed by atoms with E-state index in [-0.39, 0.29) is 0 Å². The van der Waals surface area contributed by atoms with Crippen LogP contribution in [0.5, 0.6) is 0 Å². The first-order valence-corrected chi connectivity index (χ1v) is 3.39. The average molecular weight is 137 g/mol. The number of allylic oxidation sites excluding steroid dienone is 3. The lowest BCUT2D eigenvalue weighted by Crippen LogP contribution is -1.98. The van der Waals surface area contributed by atoms with Crippen LogP contribution >= 0.6 is 0 Å². The van der Waals surface area contributed by atoms with Gasteiger partial charge in [0, 0.05) is 6.54 Å². The SMILES string of the molecule is C=C(C=CC(C)=CC)CN. The summed E-state index contributed by atoms with van der Waals surface area (Å²) < 4.78 is 0. The molecule has 0 saturated carbocycles. The van der Waals surface area contributed by atoms with Crippen molar-refractivity contribution in [2.45, 2.75) is 13.8 Å². The van der Waals surface area contributed by atoms with E-state index in [0.29, 0.717) is 6.54 Å². The van der Waals surface area contributed by atoms with Gasteiger partial charge >= 0.3 is 0 Å². The summed E-state index contributed by atoms with van der Waals surface area (Å²) in [7, 11) is 0. The molecule has 0 heterocycles. The lowest BCUT2D eigenvalue weighted by molar-refractivity contribution is 1.19. The second-order valence-corrected chi connectivity index (χ2v) is 2.23. The molecule has 0 fully saturated rings. The van der Waals surface area contributed by atoms with Gasteiger partial charge in [0.1, 0.15) is 0 Å². The molecule has 0 unspecified atom stereocenters. The monoisotopic (exact) mass is 137 g/mol. The Labute approximate surface area is 62.9 Å². The normalized spacial score (nSPS) is 12.5. The first-order valence-electron chi connectivity index (χ1n) is 3.39. The largest absolute Gasteiger partial charge is 0.327 e.